The van der Waals surface area contributed by atoms with Gasteiger partial charge in [0.15, 0.2) is 5.60 Å². The van der Waals surface area contributed by atoms with E-state index in [0.717, 1.165) is 28.0 Å². The second-order valence-electron chi connectivity index (χ2n) is 14.4. The van der Waals surface area contributed by atoms with Crippen molar-refractivity contribution < 1.29 is 4.74 Å². The molecule has 0 saturated carbocycles. The zero-order valence-corrected chi connectivity index (χ0v) is 27.5. The van der Waals surface area contributed by atoms with Crippen LogP contribution in [0.25, 0.3) is 22.8 Å². The molecule has 1 heterocycles. The van der Waals surface area contributed by atoms with Crippen molar-refractivity contribution >= 4 is 11.6 Å². The molecule has 0 aliphatic carbocycles. The first-order valence-electron chi connectivity index (χ1n) is 15.8. The van der Waals surface area contributed by atoms with Gasteiger partial charge in [-0.25, -0.2) is 0 Å². The fourth-order valence-corrected chi connectivity index (χ4v) is 6.38. The number of hydrogen-bond acceptors (Lipinski definition) is 1. The molecule has 0 N–H and O–H groups in total. The highest BCUT2D eigenvalue weighted by Gasteiger charge is 2.44. The highest BCUT2D eigenvalue weighted by atomic mass is 16.5. The molecular formula is C43H44O. The average molecular weight is 577 g/mol. The van der Waals surface area contributed by atoms with Crippen LogP contribution in [0.15, 0.2) is 115 Å². The van der Waals surface area contributed by atoms with Gasteiger partial charge < -0.3 is 4.74 Å². The lowest BCUT2D eigenvalue weighted by atomic mass is 9.73. The molecule has 1 nitrogen and oxygen atoms in total. The third-order valence-corrected chi connectivity index (χ3v) is 9.04. The Bertz CT molecular complexity index is 1770. The van der Waals surface area contributed by atoms with Crippen LogP contribution >= 0.6 is 0 Å². The number of fused-ring (bicyclic) bond motifs is 3. The van der Waals surface area contributed by atoms with Crippen molar-refractivity contribution in [1.29, 1.82) is 0 Å². The Kier molecular flexibility index (Phi) is 7.41. The van der Waals surface area contributed by atoms with Gasteiger partial charge in [0.05, 0.1) is 0 Å². The number of allylic oxidation sites excluding steroid dienone is 1. The summed E-state index contributed by atoms with van der Waals surface area (Å²) >= 11 is 0. The largest absolute Gasteiger partial charge is 0.472 e. The molecule has 5 aromatic rings. The first kappa shape index (κ1) is 29.7. The van der Waals surface area contributed by atoms with Gasteiger partial charge in [0.25, 0.3) is 0 Å². The van der Waals surface area contributed by atoms with Gasteiger partial charge in [0, 0.05) is 22.3 Å². The average Bonchev–Trinajstić information content (AvgIpc) is 3.00. The van der Waals surface area contributed by atoms with Crippen LogP contribution in [-0.2, 0) is 16.4 Å². The Morgan fingerprint density at radius 1 is 0.614 bits per heavy atom. The highest BCUT2D eigenvalue weighted by Crippen LogP contribution is 2.52. The Balaban J connectivity index is 1.59. The van der Waals surface area contributed by atoms with E-state index in [1.165, 1.54) is 39.0 Å². The second kappa shape index (κ2) is 11.0. The Hall–Kier alpha value is -4.36. The molecule has 0 saturated heterocycles. The molecule has 1 aliphatic heterocycles. The van der Waals surface area contributed by atoms with Gasteiger partial charge in [0.2, 0.25) is 0 Å². The van der Waals surface area contributed by atoms with Gasteiger partial charge in [-0.15, -0.1) is 0 Å². The van der Waals surface area contributed by atoms with Crippen molar-refractivity contribution in [1.82, 2.24) is 0 Å². The topological polar surface area (TPSA) is 9.23 Å². The number of aryl methyl sites for hydroxylation is 1. The molecule has 0 atom stereocenters. The molecule has 0 aromatic heterocycles. The summed E-state index contributed by atoms with van der Waals surface area (Å²) in [6, 6.07) is 42.2. The van der Waals surface area contributed by atoms with Crippen molar-refractivity contribution in [2.24, 2.45) is 0 Å². The van der Waals surface area contributed by atoms with Crippen LogP contribution in [0.3, 0.4) is 0 Å². The lowest BCUT2D eigenvalue weighted by Crippen LogP contribution is -2.39. The van der Waals surface area contributed by atoms with Gasteiger partial charge in [-0.05, 0) is 64.1 Å². The predicted octanol–water partition coefficient (Wildman–Crippen LogP) is 11.5. The molecule has 222 valence electrons. The van der Waals surface area contributed by atoms with Gasteiger partial charge in [-0.2, -0.15) is 0 Å². The summed E-state index contributed by atoms with van der Waals surface area (Å²) in [5.41, 5.74) is 12.5. The summed E-state index contributed by atoms with van der Waals surface area (Å²) < 4.78 is 7.42. The van der Waals surface area contributed by atoms with Crippen LogP contribution < -0.4 is 4.74 Å². The maximum absolute atomic E-state index is 7.42. The summed E-state index contributed by atoms with van der Waals surface area (Å²) in [7, 11) is 0. The van der Waals surface area contributed by atoms with Gasteiger partial charge in [-0.3, -0.25) is 0 Å². The van der Waals surface area contributed by atoms with Gasteiger partial charge in [0.1, 0.15) is 5.75 Å². The van der Waals surface area contributed by atoms with Crippen LogP contribution in [0.5, 0.6) is 5.75 Å². The van der Waals surface area contributed by atoms with Crippen LogP contribution in [0.2, 0.25) is 0 Å². The SMILES string of the molecule is CC(=Cc1ccc2c(c1)OC(c1ccc(C(C)(C)C)cc1)(c1ccc(C(C)(C)C)cc1)c1cc(C)ccc1-2)c1ccccc1. The van der Waals surface area contributed by atoms with Crippen molar-refractivity contribution in [3.05, 3.63) is 160 Å². The number of rotatable bonds is 4. The standard InChI is InChI=1S/C43H44O/c1-29-14-24-37-38-25-15-31(27-30(2)32-12-10-9-11-13-32)28-40(38)44-43(39(37)26-29,35-20-16-33(17-21-35)41(3,4)5)36-22-18-34(19-23-36)42(6,7)8/h9-28H,1-8H3. The summed E-state index contributed by atoms with van der Waals surface area (Å²) in [5, 5.41) is 0. The summed E-state index contributed by atoms with van der Waals surface area (Å²) in [5.74, 6) is 0.899. The minimum absolute atomic E-state index is 0.0619. The monoisotopic (exact) mass is 576 g/mol. The molecule has 44 heavy (non-hydrogen) atoms. The van der Waals surface area contributed by atoms with E-state index in [-0.39, 0.29) is 10.8 Å². The van der Waals surface area contributed by atoms with E-state index in [1.807, 2.05) is 0 Å². The van der Waals surface area contributed by atoms with E-state index < -0.39 is 5.60 Å². The molecule has 1 aliphatic rings. The second-order valence-corrected chi connectivity index (χ2v) is 14.4. The normalized spacial score (nSPS) is 14.4. The minimum Gasteiger partial charge on any atom is -0.472 e. The van der Waals surface area contributed by atoms with Crippen molar-refractivity contribution in [3.63, 3.8) is 0 Å². The molecule has 0 fully saturated rings. The third kappa shape index (κ3) is 5.41. The molecule has 5 aromatic carbocycles. The number of ether oxygens (including phenoxy) is 1. The first-order valence-corrected chi connectivity index (χ1v) is 15.8. The zero-order valence-electron chi connectivity index (χ0n) is 27.5. The molecule has 0 bridgehead atoms. The summed E-state index contributed by atoms with van der Waals surface area (Å²) in [4.78, 5) is 0. The van der Waals surface area contributed by atoms with Crippen molar-refractivity contribution in [2.45, 2.75) is 71.8 Å². The molecule has 0 unspecified atom stereocenters. The van der Waals surface area contributed by atoms with Crippen LogP contribution in [0.4, 0.5) is 0 Å². The number of benzene rings is 5. The molecule has 1 heteroatoms. The fraction of sp³-hybridized carbons (Fsp3) is 0.256. The third-order valence-electron chi connectivity index (χ3n) is 9.04. The molecule has 0 radical (unpaired) electrons. The van der Waals surface area contributed by atoms with Crippen LogP contribution in [0, 0.1) is 6.92 Å². The van der Waals surface area contributed by atoms with E-state index in [2.05, 4.69) is 177 Å². The van der Waals surface area contributed by atoms with Crippen molar-refractivity contribution in [2.75, 3.05) is 0 Å². The van der Waals surface area contributed by atoms with Crippen LogP contribution in [0.1, 0.15) is 93.0 Å². The van der Waals surface area contributed by atoms with E-state index in [4.69, 9.17) is 4.74 Å². The van der Waals surface area contributed by atoms with E-state index in [9.17, 15) is 0 Å². The maximum Gasteiger partial charge on any atom is 0.185 e. The molecular weight excluding hydrogens is 532 g/mol. The lowest BCUT2D eigenvalue weighted by molar-refractivity contribution is 0.152. The quantitative estimate of drug-likeness (QED) is 0.193. The Morgan fingerprint density at radius 2 is 1.16 bits per heavy atom. The highest BCUT2D eigenvalue weighted by molar-refractivity contribution is 5.84. The zero-order chi connectivity index (χ0) is 31.3. The molecule has 6 rings (SSSR count). The predicted molar refractivity (Wildman–Crippen MR) is 187 cm³/mol. The van der Waals surface area contributed by atoms with Gasteiger partial charge >= 0.3 is 0 Å². The Labute approximate surface area is 264 Å². The minimum atomic E-state index is -0.808. The summed E-state index contributed by atoms with van der Waals surface area (Å²) in [6.45, 7) is 17.9. The fourth-order valence-electron chi connectivity index (χ4n) is 6.38. The van der Waals surface area contributed by atoms with Crippen molar-refractivity contribution in [3.8, 4) is 16.9 Å². The molecule has 0 spiro atoms. The maximum atomic E-state index is 7.42. The smallest absolute Gasteiger partial charge is 0.185 e. The van der Waals surface area contributed by atoms with Crippen LogP contribution in [-0.4, -0.2) is 0 Å². The molecule has 0 amide bonds. The Morgan fingerprint density at radius 3 is 1.70 bits per heavy atom. The lowest BCUT2D eigenvalue weighted by Gasteiger charge is -2.42. The first-order chi connectivity index (χ1) is 20.9. The van der Waals surface area contributed by atoms with Gasteiger partial charge in [-0.1, -0.05) is 162 Å². The number of hydrogen-bond donors (Lipinski definition) is 0. The van der Waals surface area contributed by atoms with E-state index >= 15 is 0 Å². The van der Waals surface area contributed by atoms with E-state index in [0.29, 0.717) is 0 Å². The van der Waals surface area contributed by atoms with E-state index in [1.54, 1.807) is 0 Å². The summed E-state index contributed by atoms with van der Waals surface area (Å²) in [6.07, 6.45) is 2.25.